The van der Waals surface area contributed by atoms with E-state index in [0.29, 0.717) is 0 Å². The number of benzene rings is 1. The molecule has 1 aliphatic heterocycles. The van der Waals surface area contributed by atoms with Crippen molar-refractivity contribution in [2.75, 3.05) is 17.2 Å². The van der Waals surface area contributed by atoms with Crippen LogP contribution in [0.4, 0.5) is 24.5 Å². The molecule has 0 aliphatic carbocycles. The first-order chi connectivity index (χ1) is 10.8. The Hall–Kier alpha value is -2.71. The van der Waals surface area contributed by atoms with Crippen LogP contribution in [0.25, 0.3) is 0 Å². The lowest BCUT2D eigenvalue weighted by atomic mass is 10.1. The first-order valence-electron chi connectivity index (χ1n) is 6.73. The second kappa shape index (κ2) is 5.49. The number of nitrogens with one attached hydrogen (secondary N) is 2. The fraction of sp³-hybridized carbons (Fsp3) is 0.286. The molecule has 0 fully saturated rings. The highest BCUT2D eigenvalue weighted by molar-refractivity contribution is 5.97. The highest BCUT2D eigenvalue weighted by Gasteiger charge is 2.33. The summed E-state index contributed by atoms with van der Waals surface area (Å²) in [4.78, 5) is 11.3. The van der Waals surface area contributed by atoms with Crippen LogP contribution in [0.1, 0.15) is 11.3 Å². The molecule has 1 amide bonds. The summed E-state index contributed by atoms with van der Waals surface area (Å²) >= 11 is 0. The summed E-state index contributed by atoms with van der Waals surface area (Å²) in [6, 6.07) is 3.57. The van der Waals surface area contributed by atoms with Gasteiger partial charge in [-0.05, 0) is 18.2 Å². The van der Waals surface area contributed by atoms with Crippen molar-refractivity contribution in [3.63, 3.8) is 0 Å². The second-order valence-electron chi connectivity index (χ2n) is 5.03. The molecule has 0 unspecified atom stereocenters. The topological polar surface area (TPSA) is 68.2 Å². The summed E-state index contributed by atoms with van der Waals surface area (Å²) in [5.41, 5.74) is 0.0881. The fourth-order valence-electron chi connectivity index (χ4n) is 2.26. The fourth-order valence-corrected chi connectivity index (χ4v) is 2.26. The largest absolute Gasteiger partial charge is 0.479 e. The summed E-state index contributed by atoms with van der Waals surface area (Å²) in [6.45, 7) is 0.0281. The van der Waals surface area contributed by atoms with E-state index >= 15 is 0 Å². The van der Waals surface area contributed by atoms with E-state index < -0.39 is 17.6 Å². The van der Waals surface area contributed by atoms with Crippen LogP contribution in [-0.4, -0.2) is 22.3 Å². The van der Waals surface area contributed by atoms with Gasteiger partial charge >= 0.3 is 6.18 Å². The third-order valence-electron chi connectivity index (χ3n) is 3.42. The number of amides is 1. The zero-order chi connectivity index (χ0) is 16.6. The van der Waals surface area contributed by atoms with Gasteiger partial charge in [-0.25, -0.2) is 0 Å². The minimum atomic E-state index is -4.53. The van der Waals surface area contributed by atoms with Crippen LogP contribution in [0.2, 0.25) is 0 Å². The molecule has 0 saturated carbocycles. The quantitative estimate of drug-likeness (QED) is 0.909. The van der Waals surface area contributed by atoms with Gasteiger partial charge in [-0.15, -0.1) is 0 Å². The highest BCUT2D eigenvalue weighted by atomic mass is 19.4. The van der Waals surface area contributed by atoms with Gasteiger partial charge in [-0.2, -0.15) is 18.3 Å². The maximum absolute atomic E-state index is 13.0. The highest BCUT2D eigenvalue weighted by Crippen LogP contribution is 2.42. The Morgan fingerprint density at radius 1 is 1.43 bits per heavy atom. The van der Waals surface area contributed by atoms with Crippen molar-refractivity contribution in [1.29, 1.82) is 0 Å². The standard InChI is InChI=1S/C14H13F3N4O2/c1-21-9(2-3-19-21)6-18-10-4-8(14(15,16)17)5-11-13(10)23-7-12(22)20-11/h2-5,18H,6-7H2,1H3,(H,20,22). The predicted molar refractivity (Wildman–Crippen MR) is 76.1 cm³/mol. The number of hydrogen-bond donors (Lipinski definition) is 2. The lowest BCUT2D eigenvalue weighted by Gasteiger charge is -2.23. The van der Waals surface area contributed by atoms with Crippen molar-refractivity contribution in [2.45, 2.75) is 12.7 Å². The summed E-state index contributed by atoms with van der Waals surface area (Å²) in [5.74, 6) is -0.297. The zero-order valence-corrected chi connectivity index (χ0v) is 12.1. The van der Waals surface area contributed by atoms with Crippen LogP contribution in [0.5, 0.6) is 5.75 Å². The Balaban J connectivity index is 1.95. The van der Waals surface area contributed by atoms with Gasteiger partial charge < -0.3 is 15.4 Å². The van der Waals surface area contributed by atoms with Gasteiger partial charge in [0, 0.05) is 13.2 Å². The van der Waals surface area contributed by atoms with E-state index in [2.05, 4.69) is 15.7 Å². The van der Waals surface area contributed by atoms with E-state index in [0.717, 1.165) is 17.8 Å². The summed E-state index contributed by atoms with van der Waals surface area (Å²) in [7, 11) is 1.73. The van der Waals surface area contributed by atoms with Crippen LogP contribution in [0, 0.1) is 0 Å². The molecular weight excluding hydrogens is 313 g/mol. The summed E-state index contributed by atoms with van der Waals surface area (Å²) in [5, 5.41) is 9.29. The predicted octanol–water partition coefficient (Wildman–Crippen LogP) is 2.38. The number of hydrogen-bond acceptors (Lipinski definition) is 4. The van der Waals surface area contributed by atoms with E-state index in [-0.39, 0.29) is 30.3 Å². The number of anilines is 2. The van der Waals surface area contributed by atoms with Crippen LogP contribution in [0.3, 0.4) is 0 Å². The number of ether oxygens (including phenoxy) is 1. The molecule has 0 spiro atoms. The van der Waals surface area contributed by atoms with E-state index in [4.69, 9.17) is 4.74 Å². The SMILES string of the molecule is Cn1nccc1CNc1cc(C(F)(F)F)cc2c1OCC(=O)N2. The molecule has 0 atom stereocenters. The minimum absolute atomic E-state index is 0.00332. The molecule has 2 heterocycles. The number of halogens is 3. The third kappa shape index (κ3) is 3.08. The van der Waals surface area contributed by atoms with E-state index in [1.54, 1.807) is 24.0 Å². The Morgan fingerprint density at radius 2 is 2.22 bits per heavy atom. The van der Waals surface area contributed by atoms with Crippen molar-refractivity contribution in [3.8, 4) is 5.75 Å². The molecule has 0 saturated heterocycles. The molecule has 122 valence electrons. The Labute approximate surface area is 129 Å². The van der Waals surface area contributed by atoms with Crippen molar-refractivity contribution in [3.05, 3.63) is 35.7 Å². The van der Waals surface area contributed by atoms with Gasteiger partial charge in [0.2, 0.25) is 0 Å². The smallest absolute Gasteiger partial charge is 0.416 e. The number of alkyl halides is 3. The van der Waals surface area contributed by atoms with Crippen molar-refractivity contribution < 1.29 is 22.7 Å². The first kappa shape index (κ1) is 15.2. The third-order valence-corrected chi connectivity index (χ3v) is 3.42. The number of fused-ring (bicyclic) bond motifs is 1. The Morgan fingerprint density at radius 3 is 2.87 bits per heavy atom. The normalized spacial score (nSPS) is 14.0. The average molecular weight is 326 g/mol. The molecule has 3 rings (SSSR count). The Bertz CT molecular complexity index is 755. The number of rotatable bonds is 3. The van der Waals surface area contributed by atoms with Crippen LogP contribution < -0.4 is 15.4 Å². The number of aryl methyl sites for hydroxylation is 1. The molecular formula is C14H13F3N4O2. The number of carbonyl (C=O) groups excluding carboxylic acids is 1. The monoisotopic (exact) mass is 326 g/mol. The van der Waals surface area contributed by atoms with Crippen molar-refractivity contribution in [2.24, 2.45) is 7.05 Å². The van der Waals surface area contributed by atoms with Gasteiger partial charge in [-0.1, -0.05) is 0 Å². The van der Waals surface area contributed by atoms with Crippen LogP contribution in [-0.2, 0) is 24.6 Å². The van der Waals surface area contributed by atoms with E-state index in [9.17, 15) is 18.0 Å². The maximum atomic E-state index is 13.0. The zero-order valence-electron chi connectivity index (χ0n) is 12.1. The molecule has 0 bridgehead atoms. The molecule has 1 aliphatic rings. The van der Waals surface area contributed by atoms with E-state index in [1.165, 1.54) is 0 Å². The van der Waals surface area contributed by atoms with Crippen molar-refractivity contribution >= 4 is 17.3 Å². The number of aromatic nitrogens is 2. The molecule has 2 N–H and O–H groups in total. The number of carbonyl (C=O) groups is 1. The van der Waals surface area contributed by atoms with Gasteiger partial charge in [0.15, 0.2) is 12.4 Å². The lowest BCUT2D eigenvalue weighted by molar-refractivity contribution is -0.137. The van der Waals surface area contributed by atoms with Crippen molar-refractivity contribution in [1.82, 2.24) is 9.78 Å². The summed E-state index contributed by atoms with van der Waals surface area (Å²) in [6.07, 6.45) is -2.94. The molecule has 23 heavy (non-hydrogen) atoms. The first-order valence-corrected chi connectivity index (χ1v) is 6.73. The maximum Gasteiger partial charge on any atom is 0.416 e. The molecule has 1 aromatic heterocycles. The van der Waals surface area contributed by atoms with Gasteiger partial charge in [0.25, 0.3) is 5.91 Å². The molecule has 6 nitrogen and oxygen atoms in total. The van der Waals surface area contributed by atoms with Gasteiger partial charge in [-0.3, -0.25) is 9.48 Å². The molecule has 2 aromatic rings. The number of nitrogens with zero attached hydrogens (tertiary/aromatic N) is 2. The molecule has 0 radical (unpaired) electrons. The van der Waals surface area contributed by atoms with Gasteiger partial charge in [0.05, 0.1) is 29.2 Å². The van der Waals surface area contributed by atoms with E-state index in [1.807, 2.05) is 0 Å². The second-order valence-corrected chi connectivity index (χ2v) is 5.03. The summed E-state index contributed by atoms with van der Waals surface area (Å²) < 4.78 is 45.9. The Kier molecular flexibility index (Phi) is 3.63. The molecule has 9 heteroatoms. The van der Waals surface area contributed by atoms with Gasteiger partial charge in [0.1, 0.15) is 0 Å². The average Bonchev–Trinajstić information content (AvgIpc) is 2.88. The van der Waals surface area contributed by atoms with Crippen LogP contribution >= 0.6 is 0 Å². The molecule has 1 aromatic carbocycles. The lowest BCUT2D eigenvalue weighted by Crippen LogP contribution is -2.26. The minimum Gasteiger partial charge on any atom is -0.479 e. The van der Waals surface area contributed by atoms with Crippen LogP contribution in [0.15, 0.2) is 24.4 Å².